The minimum Gasteiger partial charge on any atom is -0.497 e. The highest BCUT2D eigenvalue weighted by Crippen LogP contribution is 2.31. The van der Waals surface area contributed by atoms with E-state index in [1.165, 1.54) is 16.7 Å². The van der Waals surface area contributed by atoms with Crippen LogP contribution < -0.4 is 14.2 Å². The second-order valence-electron chi connectivity index (χ2n) is 7.70. The number of nitrogens with zero attached hydrogens (tertiary/aromatic N) is 2. The maximum Gasteiger partial charge on any atom is 0.244 e. The first-order valence-electron chi connectivity index (χ1n) is 10.4. The number of fused-ring (bicyclic) bond motifs is 1. The number of aromatic nitrogens is 1. The van der Waals surface area contributed by atoms with Crippen molar-refractivity contribution in [2.45, 2.75) is 18.0 Å². The second-order valence-corrected chi connectivity index (χ2v) is 10.5. The molecule has 1 aromatic heterocycles. The summed E-state index contributed by atoms with van der Waals surface area (Å²) >= 11 is 3.41. The summed E-state index contributed by atoms with van der Waals surface area (Å²) in [7, 11) is -0.766. The minimum absolute atomic E-state index is 0.152. The Morgan fingerprint density at radius 2 is 1.41 bits per heavy atom. The molecule has 0 spiro atoms. The van der Waals surface area contributed by atoms with E-state index in [0.29, 0.717) is 26.7 Å². The van der Waals surface area contributed by atoms with E-state index in [0.717, 1.165) is 15.9 Å². The van der Waals surface area contributed by atoms with Crippen LogP contribution >= 0.6 is 15.9 Å². The normalized spacial score (nSPS) is 11.6. The standard InChI is InChI=1S/C25H24BrN2O5S/c1-32-22-7-3-18(4-8-22)15-28(16-19-5-9-23(33-2)10-6-19)34(30,31)25-14-21(26)13-20-17-27(29)12-11-24(20)25/h3-14,17,29H,15-16H2,1-2H3/q+1. The average Bonchev–Trinajstić information content (AvgIpc) is 2.83. The number of ether oxygens (including phenoxy) is 2. The van der Waals surface area contributed by atoms with Crippen LogP contribution in [0.2, 0.25) is 0 Å². The second kappa shape index (κ2) is 10.0. The van der Waals surface area contributed by atoms with Gasteiger partial charge in [0, 0.05) is 33.7 Å². The fourth-order valence-corrected chi connectivity index (χ4v) is 5.97. The van der Waals surface area contributed by atoms with Crippen LogP contribution in [0.4, 0.5) is 0 Å². The van der Waals surface area contributed by atoms with Gasteiger partial charge in [0.05, 0.1) is 24.5 Å². The number of hydrogen-bond acceptors (Lipinski definition) is 5. The number of halogens is 1. The van der Waals surface area contributed by atoms with E-state index in [4.69, 9.17) is 9.47 Å². The van der Waals surface area contributed by atoms with Gasteiger partial charge < -0.3 is 9.47 Å². The Morgan fingerprint density at radius 3 is 1.91 bits per heavy atom. The Labute approximate surface area is 206 Å². The van der Waals surface area contributed by atoms with Crippen LogP contribution in [0.5, 0.6) is 11.5 Å². The molecule has 0 saturated carbocycles. The monoisotopic (exact) mass is 543 g/mol. The molecule has 9 heteroatoms. The maximum atomic E-state index is 14.0. The van der Waals surface area contributed by atoms with Gasteiger partial charge in [-0.1, -0.05) is 40.2 Å². The molecule has 1 heterocycles. The van der Waals surface area contributed by atoms with Crippen molar-refractivity contribution in [1.82, 2.24) is 4.31 Å². The van der Waals surface area contributed by atoms with Gasteiger partial charge in [-0.25, -0.2) is 8.42 Å². The average molecular weight is 544 g/mol. The Balaban J connectivity index is 1.79. The first-order chi connectivity index (χ1) is 16.3. The molecule has 0 fully saturated rings. The van der Waals surface area contributed by atoms with E-state index in [9.17, 15) is 13.6 Å². The smallest absolute Gasteiger partial charge is 0.244 e. The minimum atomic E-state index is -3.94. The topological polar surface area (TPSA) is 80.0 Å². The molecule has 0 saturated heterocycles. The molecule has 0 aliphatic heterocycles. The van der Waals surface area contributed by atoms with Crippen LogP contribution in [-0.2, 0) is 23.1 Å². The molecule has 34 heavy (non-hydrogen) atoms. The molecule has 4 aromatic rings. The van der Waals surface area contributed by atoms with E-state index < -0.39 is 10.0 Å². The zero-order valence-corrected chi connectivity index (χ0v) is 21.1. The van der Waals surface area contributed by atoms with Crippen LogP contribution in [0.25, 0.3) is 10.8 Å². The van der Waals surface area contributed by atoms with Crippen molar-refractivity contribution in [2.75, 3.05) is 14.2 Å². The lowest BCUT2D eigenvalue weighted by molar-refractivity contribution is -0.904. The summed E-state index contributed by atoms with van der Waals surface area (Å²) in [4.78, 5) is 0.152. The lowest BCUT2D eigenvalue weighted by Gasteiger charge is -2.23. The quantitative estimate of drug-likeness (QED) is 0.261. The lowest BCUT2D eigenvalue weighted by atomic mass is 10.2. The third-order valence-electron chi connectivity index (χ3n) is 5.46. The van der Waals surface area contributed by atoms with Gasteiger partial charge in [0.25, 0.3) is 0 Å². The molecule has 176 valence electrons. The highest BCUT2D eigenvalue weighted by atomic mass is 79.9. The lowest BCUT2D eigenvalue weighted by Crippen LogP contribution is -2.31. The largest absolute Gasteiger partial charge is 0.497 e. The van der Waals surface area contributed by atoms with Crippen molar-refractivity contribution >= 4 is 36.7 Å². The fraction of sp³-hybridized carbons (Fsp3) is 0.160. The molecular weight excluding hydrogens is 520 g/mol. The highest BCUT2D eigenvalue weighted by Gasteiger charge is 2.28. The molecule has 0 radical (unpaired) electrons. The molecule has 1 N–H and O–H groups in total. The van der Waals surface area contributed by atoms with Crippen molar-refractivity contribution in [2.24, 2.45) is 0 Å². The summed E-state index contributed by atoms with van der Waals surface area (Å²) < 4.78 is 41.4. The highest BCUT2D eigenvalue weighted by molar-refractivity contribution is 9.10. The molecule has 0 aliphatic rings. The van der Waals surface area contributed by atoms with Crippen LogP contribution in [-0.4, -0.2) is 32.1 Å². The number of rotatable bonds is 8. The molecule has 0 amide bonds. The summed E-state index contributed by atoms with van der Waals surface area (Å²) in [6.07, 6.45) is 2.88. The number of sulfonamides is 1. The van der Waals surface area contributed by atoms with Crippen LogP contribution in [0, 0.1) is 0 Å². The fourth-order valence-electron chi connectivity index (χ4n) is 3.68. The zero-order valence-electron chi connectivity index (χ0n) is 18.7. The van der Waals surface area contributed by atoms with Crippen molar-refractivity contribution < 1.29 is 27.8 Å². The van der Waals surface area contributed by atoms with Gasteiger partial charge in [0.2, 0.25) is 22.4 Å². The molecule has 0 unspecified atom stereocenters. The Bertz CT molecular complexity index is 1350. The van der Waals surface area contributed by atoms with Crippen LogP contribution in [0.15, 0.2) is 88.5 Å². The summed E-state index contributed by atoms with van der Waals surface area (Å²) in [6.45, 7) is 0.332. The van der Waals surface area contributed by atoms with E-state index in [1.807, 2.05) is 48.5 Å². The molecular formula is C25H24BrN2O5S+. The van der Waals surface area contributed by atoms with Gasteiger partial charge in [-0.15, -0.1) is 0 Å². The third kappa shape index (κ3) is 5.16. The van der Waals surface area contributed by atoms with Crippen LogP contribution in [0.1, 0.15) is 11.1 Å². The number of hydrogen-bond donors (Lipinski definition) is 1. The molecule has 3 aromatic carbocycles. The predicted molar refractivity (Wildman–Crippen MR) is 131 cm³/mol. The van der Waals surface area contributed by atoms with Gasteiger partial charge in [-0.2, -0.15) is 4.31 Å². The van der Waals surface area contributed by atoms with Crippen molar-refractivity contribution in [1.29, 1.82) is 0 Å². The number of pyridine rings is 1. The van der Waals surface area contributed by atoms with Gasteiger partial charge in [-0.05, 0) is 47.5 Å². The van der Waals surface area contributed by atoms with E-state index in [-0.39, 0.29) is 18.0 Å². The van der Waals surface area contributed by atoms with Gasteiger partial charge in [0.1, 0.15) is 11.5 Å². The zero-order chi connectivity index (χ0) is 24.3. The predicted octanol–water partition coefficient (Wildman–Crippen LogP) is 4.54. The van der Waals surface area contributed by atoms with Crippen molar-refractivity contribution in [3.05, 3.63) is 94.7 Å². The van der Waals surface area contributed by atoms with Crippen molar-refractivity contribution in [3.63, 3.8) is 0 Å². The molecule has 0 atom stereocenters. The molecule has 0 aliphatic carbocycles. The Morgan fingerprint density at radius 1 is 0.882 bits per heavy atom. The SMILES string of the molecule is COc1ccc(CN(Cc2ccc(OC)cc2)S(=O)(=O)c2cc(Br)cc3c[n+](O)ccc23)cc1. The van der Waals surface area contributed by atoms with E-state index in [2.05, 4.69) is 15.9 Å². The maximum absolute atomic E-state index is 14.0. The van der Waals surface area contributed by atoms with E-state index in [1.54, 1.807) is 32.4 Å². The van der Waals surface area contributed by atoms with Gasteiger partial charge in [0.15, 0.2) is 0 Å². The molecule has 7 nitrogen and oxygen atoms in total. The van der Waals surface area contributed by atoms with Crippen LogP contribution in [0.3, 0.4) is 0 Å². The van der Waals surface area contributed by atoms with E-state index >= 15 is 0 Å². The Kier molecular flexibility index (Phi) is 7.06. The summed E-state index contributed by atoms with van der Waals surface area (Å²) in [5.74, 6) is 1.40. The summed E-state index contributed by atoms with van der Waals surface area (Å²) in [5, 5.41) is 10.9. The first-order valence-corrected chi connectivity index (χ1v) is 12.6. The van der Waals surface area contributed by atoms with Gasteiger partial charge >= 0.3 is 0 Å². The van der Waals surface area contributed by atoms with Crippen molar-refractivity contribution in [3.8, 4) is 11.5 Å². The Hall–Kier alpha value is -3.14. The van der Waals surface area contributed by atoms with Gasteiger partial charge in [-0.3, -0.25) is 5.21 Å². The molecule has 4 rings (SSSR count). The first kappa shape index (κ1) is 24.0. The molecule has 0 bridgehead atoms. The summed E-state index contributed by atoms with van der Waals surface area (Å²) in [6, 6.07) is 19.6. The number of methoxy groups -OCH3 is 2. The third-order valence-corrected chi connectivity index (χ3v) is 7.75. The summed E-state index contributed by atoms with van der Waals surface area (Å²) in [5.41, 5.74) is 1.65. The number of benzene rings is 3.